The lowest BCUT2D eigenvalue weighted by atomic mass is 9.94. The molecule has 0 saturated carbocycles. The summed E-state index contributed by atoms with van der Waals surface area (Å²) in [5.74, 6) is 1.86. The van der Waals surface area contributed by atoms with Gasteiger partial charge in [0, 0.05) is 29.8 Å². The van der Waals surface area contributed by atoms with Gasteiger partial charge in [-0.1, -0.05) is 0 Å². The highest BCUT2D eigenvalue weighted by Gasteiger charge is 2.22. The number of ketones is 1. The molecular formula is C25H29NO7. The molecule has 0 atom stereocenters. The first-order valence-electron chi connectivity index (χ1n) is 10.4. The number of rotatable bonds is 8. The van der Waals surface area contributed by atoms with Crippen molar-refractivity contribution < 1.29 is 34.0 Å². The minimum atomic E-state index is -0.252. The van der Waals surface area contributed by atoms with E-state index in [9.17, 15) is 15.0 Å². The fourth-order valence-corrected chi connectivity index (χ4v) is 3.83. The predicted octanol–water partition coefficient (Wildman–Crippen LogP) is 2.34. The Labute approximate surface area is 193 Å². The summed E-state index contributed by atoms with van der Waals surface area (Å²) in [4.78, 5) is 13.2. The molecule has 2 aromatic carbocycles. The van der Waals surface area contributed by atoms with Gasteiger partial charge in [0.15, 0.2) is 17.3 Å². The summed E-state index contributed by atoms with van der Waals surface area (Å²) in [6, 6.07) is 7.05. The molecule has 0 spiro atoms. The predicted molar refractivity (Wildman–Crippen MR) is 125 cm³/mol. The van der Waals surface area contributed by atoms with Crippen LogP contribution in [0.3, 0.4) is 0 Å². The molecule has 2 aromatic rings. The van der Waals surface area contributed by atoms with Crippen molar-refractivity contribution in [2.45, 2.75) is 13.2 Å². The van der Waals surface area contributed by atoms with Crippen molar-refractivity contribution in [2.24, 2.45) is 0 Å². The Hall–Kier alpha value is -3.33. The third-order valence-corrected chi connectivity index (χ3v) is 5.46. The van der Waals surface area contributed by atoms with Crippen molar-refractivity contribution in [1.82, 2.24) is 5.32 Å². The van der Waals surface area contributed by atoms with Gasteiger partial charge in [-0.05, 0) is 53.1 Å². The Morgan fingerprint density at radius 1 is 0.788 bits per heavy atom. The highest BCUT2D eigenvalue weighted by Crippen LogP contribution is 2.39. The molecule has 0 amide bonds. The standard InChI is InChI=1S/C25H29NO7/c1-30-21-8-15(7-19(13-27)20(21)14-28)5-17-11-26-12-18(24(17)29)6-16-9-22(31-2)25(33-4)23(10-16)32-3/h5-10,26-28H,11-14H2,1-4H3/b17-5+,18-6+. The van der Waals surface area contributed by atoms with E-state index in [0.29, 0.717) is 63.9 Å². The topological polar surface area (TPSA) is 106 Å². The van der Waals surface area contributed by atoms with Crippen molar-refractivity contribution in [3.05, 3.63) is 57.7 Å². The van der Waals surface area contributed by atoms with Gasteiger partial charge in [-0.25, -0.2) is 0 Å². The lowest BCUT2D eigenvalue weighted by Gasteiger charge is -2.19. The molecule has 1 aliphatic rings. The second-order valence-electron chi connectivity index (χ2n) is 7.41. The first kappa shape index (κ1) is 24.3. The maximum Gasteiger partial charge on any atom is 0.203 e. The quantitative estimate of drug-likeness (QED) is 0.521. The molecule has 1 fully saturated rings. The van der Waals surface area contributed by atoms with Crippen LogP contribution in [0.4, 0.5) is 0 Å². The van der Waals surface area contributed by atoms with E-state index in [4.69, 9.17) is 18.9 Å². The molecule has 0 bridgehead atoms. The number of ether oxygens (including phenoxy) is 4. The number of carbonyl (C=O) groups excluding carboxylic acids is 1. The molecule has 8 heteroatoms. The fraction of sp³-hybridized carbons (Fsp3) is 0.320. The Balaban J connectivity index is 1.98. The number of hydrogen-bond acceptors (Lipinski definition) is 8. The van der Waals surface area contributed by atoms with Crippen LogP contribution in [0.25, 0.3) is 12.2 Å². The van der Waals surface area contributed by atoms with Crippen LogP contribution in [0.15, 0.2) is 35.4 Å². The second-order valence-corrected chi connectivity index (χ2v) is 7.41. The van der Waals surface area contributed by atoms with Gasteiger partial charge in [0.2, 0.25) is 5.75 Å². The number of piperidine rings is 1. The van der Waals surface area contributed by atoms with Gasteiger partial charge < -0.3 is 34.5 Å². The molecule has 1 heterocycles. The maximum absolute atomic E-state index is 13.2. The van der Waals surface area contributed by atoms with Crippen LogP contribution in [0.1, 0.15) is 22.3 Å². The molecule has 1 aliphatic heterocycles. The van der Waals surface area contributed by atoms with E-state index in [2.05, 4.69) is 5.32 Å². The molecule has 3 rings (SSSR count). The third-order valence-electron chi connectivity index (χ3n) is 5.46. The van der Waals surface area contributed by atoms with Gasteiger partial charge in [-0.2, -0.15) is 0 Å². The smallest absolute Gasteiger partial charge is 0.203 e. The van der Waals surface area contributed by atoms with Crippen LogP contribution >= 0.6 is 0 Å². The van der Waals surface area contributed by atoms with E-state index < -0.39 is 0 Å². The van der Waals surface area contributed by atoms with E-state index in [1.165, 1.54) is 14.2 Å². The fourth-order valence-electron chi connectivity index (χ4n) is 3.83. The first-order chi connectivity index (χ1) is 16.0. The first-order valence-corrected chi connectivity index (χ1v) is 10.4. The highest BCUT2D eigenvalue weighted by molar-refractivity contribution is 6.14. The molecule has 1 saturated heterocycles. The maximum atomic E-state index is 13.2. The minimum absolute atomic E-state index is 0.0850. The molecule has 33 heavy (non-hydrogen) atoms. The Bertz CT molecular complexity index is 955. The van der Waals surface area contributed by atoms with Gasteiger partial charge in [-0.3, -0.25) is 4.79 Å². The Morgan fingerprint density at radius 2 is 1.30 bits per heavy atom. The van der Waals surface area contributed by atoms with Crippen LogP contribution in [0.2, 0.25) is 0 Å². The molecule has 8 nitrogen and oxygen atoms in total. The lowest BCUT2D eigenvalue weighted by Crippen LogP contribution is -2.32. The van der Waals surface area contributed by atoms with E-state index in [1.54, 1.807) is 50.6 Å². The Kier molecular flexibility index (Phi) is 8.11. The third kappa shape index (κ3) is 5.19. The van der Waals surface area contributed by atoms with Crippen molar-refractivity contribution in [1.29, 1.82) is 0 Å². The van der Waals surface area contributed by atoms with Gasteiger partial charge in [0.25, 0.3) is 0 Å². The summed E-state index contributed by atoms with van der Waals surface area (Å²) in [6.45, 7) is 0.325. The summed E-state index contributed by atoms with van der Waals surface area (Å²) >= 11 is 0. The van der Waals surface area contributed by atoms with Crippen molar-refractivity contribution >= 4 is 17.9 Å². The molecule has 0 unspecified atom stereocenters. The van der Waals surface area contributed by atoms with Gasteiger partial charge in [0.05, 0.1) is 41.7 Å². The number of hydrogen-bond donors (Lipinski definition) is 3. The molecule has 3 N–H and O–H groups in total. The van der Waals surface area contributed by atoms with Crippen LogP contribution in [-0.2, 0) is 18.0 Å². The minimum Gasteiger partial charge on any atom is -0.496 e. The van der Waals surface area contributed by atoms with E-state index in [-0.39, 0.29) is 19.0 Å². The second kappa shape index (κ2) is 11.0. The van der Waals surface area contributed by atoms with Crippen LogP contribution in [-0.4, -0.2) is 57.5 Å². The Morgan fingerprint density at radius 3 is 1.76 bits per heavy atom. The summed E-state index contributed by atoms with van der Waals surface area (Å²) in [5, 5.41) is 22.5. The summed E-state index contributed by atoms with van der Waals surface area (Å²) < 4.78 is 21.5. The zero-order valence-electron chi connectivity index (χ0n) is 19.2. The highest BCUT2D eigenvalue weighted by atomic mass is 16.5. The summed E-state index contributed by atoms with van der Waals surface area (Å²) in [5.41, 5.74) is 3.68. The van der Waals surface area contributed by atoms with Crippen LogP contribution < -0.4 is 24.3 Å². The molecule has 0 radical (unpaired) electrons. The zero-order chi connectivity index (χ0) is 24.0. The average Bonchev–Trinajstić information content (AvgIpc) is 2.84. The van der Waals surface area contributed by atoms with Gasteiger partial charge >= 0.3 is 0 Å². The van der Waals surface area contributed by atoms with Crippen LogP contribution in [0.5, 0.6) is 23.0 Å². The molecule has 176 valence electrons. The van der Waals surface area contributed by atoms with Crippen molar-refractivity contribution in [2.75, 3.05) is 41.5 Å². The number of aliphatic hydroxyl groups excluding tert-OH is 2. The number of aliphatic hydroxyl groups is 2. The molecule has 0 aromatic heterocycles. The average molecular weight is 456 g/mol. The van der Waals surface area contributed by atoms with Gasteiger partial charge in [-0.15, -0.1) is 0 Å². The van der Waals surface area contributed by atoms with E-state index in [1.807, 2.05) is 0 Å². The summed E-state index contributed by atoms with van der Waals surface area (Å²) in [6.07, 6.45) is 3.56. The lowest BCUT2D eigenvalue weighted by molar-refractivity contribution is -0.112. The molecular weight excluding hydrogens is 426 g/mol. The number of methoxy groups -OCH3 is 4. The molecule has 0 aliphatic carbocycles. The van der Waals surface area contributed by atoms with E-state index in [0.717, 1.165) is 5.56 Å². The SMILES string of the molecule is COc1cc(/C=C2\CNC/C(=C\c3cc(OC)c(OC)c(OC)c3)C2=O)cc(CO)c1CO. The number of benzene rings is 2. The zero-order valence-corrected chi connectivity index (χ0v) is 19.2. The normalized spacial score (nSPS) is 16.2. The number of Topliss-reactive ketones (excluding diaryl/α,β-unsaturated/α-hetero) is 1. The van der Waals surface area contributed by atoms with Crippen molar-refractivity contribution in [3.8, 4) is 23.0 Å². The number of nitrogens with one attached hydrogen (secondary N) is 1. The monoisotopic (exact) mass is 455 g/mol. The number of carbonyl (C=O) groups is 1. The van der Waals surface area contributed by atoms with E-state index >= 15 is 0 Å². The van der Waals surface area contributed by atoms with Crippen LogP contribution in [0, 0.1) is 0 Å². The summed E-state index contributed by atoms with van der Waals surface area (Å²) in [7, 11) is 6.12. The largest absolute Gasteiger partial charge is 0.496 e. The van der Waals surface area contributed by atoms with Gasteiger partial charge in [0.1, 0.15) is 5.75 Å². The van der Waals surface area contributed by atoms with Crippen molar-refractivity contribution in [3.63, 3.8) is 0 Å².